The van der Waals surface area contributed by atoms with Crippen molar-refractivity contribution >= 4 is 46.0 Å². The van der Waals surface area contributed by atoms with Gasteiger partial charge in [0.15, 0.2) is 0 Å². The van der Waals surface area contributed by atoms with Gasteiger partial charge in [-0.15, -0.1) is 0 Å². The Labute approximate surface area is 301 Å². The van der Waals surface area contributed by atoms with Crippen LogP contribution in [-0.4, -0.2) is 52.1 Å². The summed E-state index contributed by atoms with van der Waals surface area (Å²) in [5.74, 6) is 0.838. The molecule has 2 saturated heterocycles. The van der Waals surface area contributed by atoms with Crippen molar-refractivity contribution in [3.63, 3.8) is 0 Å². The minimum absolute atomic E-state index is 0.122. The van der Waals surface area contributed by atoms with E-state index in [9.17, 15) is 9.59 Å². The van der Waals surface area contributed by atoms with Crippen LogP contribution in [0.1, 0.15) is 49.7 Å². The van der Waals surface area contributed by atoms with Gasteiger partial charge in [-0.2, -0.15) is 0 Å². The van der Waals surface area contributed by atoms with E-state index in [-0.39, 0.29) is 23.9 Å². The number of halogens is 2. The fraction of sp³-hybridized carbons (Fsp3) is 0.333. The van der Waals surface area contributed by atoms with Crippen molar-refractivity contribution in [1.82, 2.24) is 30.5 Å². The number of aromatic nitrogens is 3. The number of benzene rings is 2. The van der Waals surface area contributed by atoms with Crippen molar-refractivity contribution in [3.8, 4) is 39.4 Å². The number of nitrogens with zero attached hydrogens (tertiary/aromatic N) is 3. The first-order valence-electron chi connectivity index (χ1n) is 17.1. The zero-order chi connectivity index (χ0) is 34.8. The van der Waals surface area contributed by atoms with Crippen LogP contribution in [0.25, 0.3) is 44.5 Å². The molecule has 9 nitrogen and oxygen atoms in total. The van der Waals surface area contributed by atoms with Crippen LogP contribution >= 0.6 is 23.2 Å². The summed E-state index contributed by atoms with van der Waals surface area (Å²) < 4.78 is 7.78. The lowest BCUT2D eigenvalue weighted by atomic mass is 9.97. The smallest absolute Gasteiger partial charge is 0.220 e. The summed E-state index contributed by atoms with van der Waals surface area (Å²) >= 11 is 14.3. The molecule has 7 rings (SSSR count). The Balaban J connectivity index is 1.11. The van der Waals surface area contributed by atoms with Gasteiger partial charge in [0.2, 0.25) is 17.7 Å². The number of nitrogens with one attached hydrogen (secondary N) is 3. The molecular formula is C39H40Cl2N6O3. The third-order valence-electron chi connectivity index (χ3n) is 9.78. The van der Waals surface area contributed by atoms with Gasteiger partial charge >= 0.3 is 0 Å². The predicted molar refractivity (Wildman–Crippen MR) is 198 cm³/mol. The summed E-state index contributed by atoms with van der Waals surface area (Å²) in [6, 6.07) is 18.4. The van der Waals surface area contributed by atoms with E-state index in [4.69, 9.17) is 37.9 Å². The van der Waals surface area contributed by atoms with Crippen LogP contribution in [-0.2, 0) is 29.6 Å². The summed E-state index contributed by atoms with van der Waals surface area (Å²) in [5, 5.41) is 10.7. The fourth-order valence-electron chi connectivity index (χ4n) is 7.14. The topological polar surface area (TPSA) is 110 Å². The van der Waals surface area contributed by atoms with Crippen molar-refractivity contribution in [2.45, 2.75) is 63.6 Å². The van der Waals surface area contributed by atoms with E-state index in [1.54, 1.807) is 7.11 Å². The number of carbonyl (C=O) groups excluding carboxylic acids is 2. The second kappa shape index (κ2) is 14.8. The molecule has 3 aromatic heterocycles. The highest BCUT2D eigenvalue weighted by molar-refractivity contribution is 6.39. The van der Waals surface area contributed by atoms with Crippen molar-refractivity contribution < 1.29 is 14.3 Å². The third kappa shape index (κ3) is 7.08. The van der Waals surface area contributed by atoms with Crippen LogP contribution in [0.2, 0.25) is 10.0 Å². The SMILES string of the molecule is COc1nc(-c2cccc(-c3cccc(-c4cnc5c(CNC[C@H]6CCC(=O)N6)cn(C)c5c4)c3Cl)c2Cl)ccc1CCC[C@H]1CCC(=O)N1. The fourth-order valence-corrected chi connectivity index (χ4v) is 7.80. The molecule has 50 heavy (non-hydrogen) atoms. The van der Waals surface area contributed by atoms with E-state index in [1.807, 2.05) is 61.8 Å². The molecule has 2 atom stereocenters. The van der Waals surface area contributed by atoms with E-state index in [0.717, 1.165) is 88.6 Å². The number of methoxy groups -OCH3 is 1. The van der Waals surface area contributed by atoms with Crippen molar-refractivity contribution in [2.24, 2.45) is 7.05 Å². The molecule has 0 saturated carbocycles. The molecule has 5 aromatic rings. The lowest BCUT2D eigenvalue weighted by Crippen LogP contribution is -2.35. The van der Waals surface area contributed by atoms with Crippen LogP contribution in [0, 0.1) is 0 Å². The van der Waals surface area contributed by atoms with Gasteiger partial charge in [0.1, 0.15) is 0 Å². The average Bonchev–Trinajstić information content (AvgIpc) is 3.83. The van der Waals surface area contributed by atoms with Crippen LogP contribution in [0.15, 0.2) is 67.0 Å². The Morgan fingerprint density at radius 1 is 0.900 bits per heavy atom. The maximum absolute atomic E-state index is 11.5. The van der Waals surface area contributed by atoms with Crippen molar-refractivity contribution in [2.75, 3.05) is 13.7 Å². The van der Waals surface area contributed by atoms with E-state index in [0.29, 0.717) is 41.0 Å². The second-order valence-electron chi connectivity index (χ2n) is 13.2. The number of ether oxygens (including phenoxy) is 1. The minimum atomic E-state index is 0.122. The molecule has 2 fully saturated rings. The molecule has 2 aliphatic heterocycles. The Kier molecular flexibility index (Phi) is 10.1. The summed E-state index contributed by atoms with van der Waals surface area (Å²) in [6.07, 6.45) is 9.61. The average molecular weight is 712 g/mol. The summed E-state index contributed by atoms with van der Waals surface area (Å²) in [4.78, 5) is 32.8. The first kappa shape index (κ1) is 34.0. The lowest BCUT2D eigenvalue weighted by Gasteiger charge is -2.15. The van der Waals surface area contributed by atoms with Crippen LogP contribution in [0.3, 0.4) is 0 Å². The van der Waals surface area contributed by atoms with Gasteiger partial charge in [0, 0.05) is 96.4 Å². The monoisotopic (exact) mass is 710 g/mol. The number of hydrogen-bond donors (Lipinski definition) is 3. The highest BCUT2D eigenvalue weighted by Crippen LogP contribution is 2.42. The van der Waals surface area contributed by atoms with Gasteiger partial charge < -0.3 is 25.3 Å². The largest absolute Gasteiger partial charge is 0.481 e. The van der Waals surface area contributed by atoms with E-state index in [1.165, 1.54) is 0 Å². The van der Waals surface area contributed by atoms with Crippen LogP contribution in [0.5, 0.6) is 5.88 Å². The normalized spacial score (nSPS) is 17.4. The molecule has 0 bridgehead atoms. The number of pyridine rings is 2. The second-order valence-corrected chi connectivity index (χ2v) is 13.9. The maximum Gasteiger partial charge on any atom is 0.220 e. The zero-order valence-electron chi connectivity index (χ0n) is 28.2. The van der Waals surface area contributed by atoms with E-state index < -0.39 is 0 Å². The van der Waals surface area contributed by atoms with Crippen LogP contribution < -0.4 is 20.7 Å². The molecule has 0 aliphatic carbocycles. The van der Waals surface area contributed by atoms with Crippen molar-refractivity contribution in [1.29, 1.82) is 0 Å². The van der Waals surface area contributed by atoms with E-state index in [2.05, 4.69) is 32.8 Å². The highest BCUT2D eigenvalue weighted by Gasteiger charge is 2.22. The summed E-state index contributed by atoms with van der Waals surface area (Å²) in [6.45, 7) is 1.39. The van der Waals surface area contributed by atoms with Crippen LogP contribution in [0.4, 0.5) is 0 Å². The molecule has 2 aromatic carbocycles. The molecule has 0 spiro atoms. The number of amides is 2. The minimum Gasteiger partial charge on any atom is -0.481 e. The molecule has 2 aliphatic rings. The Morgan fingerprint density at radius 3 is 2.28 bits per heavy atom. The number of hydrogen-bond acceptors (Lipinski definition) is 6. The quantitative estimate of drug-likeness (QED) is 0.126. The summed E-state index contributed by atoms with van der Waals surface area (Å²) in [5.41, 5.74) is 8.93. The molecule has 11 heteroatoms. The highest BCUT2D eigenvalue weighted by atomic mass is 35.5. The van der Waals surface area contributed by atoms with Crippen molar-refractivity contribution in [3.05, 3.63) is 88.2 Å². The Hall–Kier alpha value is -4.44. The molecule has 0 unspecified atom stereocenters. The number of aryl methyl sites for hydroxylation is 2. The molecule has 5 heterocycles. The standard InChI is InChI=1S/C39H40Cl2N6O3/c1-47-22-25(19-42-21-27-14-17-35(49)45-27)38-33(47)18-24(20-43-38)28-8-4-9-29(36(28)40)30-10-5-11-31(37(30)41)32-15-12-23(39(46-32)50-2)6-3-7-26-13-16-34(48)44-26/h4-5,8-12,15,18,20,22,26-27,42H,3,6-7,13-14,16-17,19,21H2,1-2H3,(H,44,48)(H,45,49)/t26-,27+/m0/s1. The summed E-state index contributed by atoms with van der Waals surface area (Å²) in [7, 11) is 3.65. The Bertz CT molecular complexity index is 2080. The Morgan fingerprint density at radius 2 is 1.58 bits per heavy atom. The molecular weight excluding hydrogens is 671 g/mol. The molecule has 258 valence electrons. The third-order valence-corrected chi connectivity index (χ3v) is 10.6. The number of rotatable bonds is 12. The van der Waals surface area contributed by atoms with Gasteiger partial charge in [0.05, 0.1) is 33.9 Å². The zero-order valence-corrected chi connectivity index (χ0v) is 29.7. The van der Waals surface area contributed by atoms with Gasteiger partial charge in [-0.25, -0.2) is 4.98 Å². The van der Waals surface area contributed by atoms with Gasteiger partial charge in [-0.05, 0) is 44.2 Å². The molecule has 2 amide bonds. The first-order valence-corrected chi connectivity index (χ1v) is 17.9. The maximum atomic E-state index is 11.5. The number of fused-ring (bicyclic) bond motifs is 1. The first-order chi connectivity index (χ1) is 24.3. The van der Waals surface area contributed by atoms with E-state index >= 15 is 0 Å². The van der Waals surface area contributed by atoms with Gasteiger partial charge in [0.25, 0.3) is 0 Å². The van der Waals surface area contributed by atoms with Gasteiger partial charge in [-0.1, -0.05) is 65.7 Å². The molecule has 0 radical (unpaired) electrons. The molecule has 3 N–H and O–H groups in total. The lowest BCUT2D eigenvalue weighted by molar-refractivity contribution is -0.120. The van der Waals surface area contributed by atoms with Gasteiger partial charge in [-0.3, -0.25) is 14.6 Å². The number of carbonyl (C=O) groups is 2. The predicted octanol–water partition coefficient (Wildman–Crippen LogP) is 7.25.